The molecule has 1 fully saturated rings. The van der Waals surface area contributed by atoms with Gasteiger partial charge in [-0.15, -0.1) is 0 Å². The Labute approximate surface area is 91.5 Å². The molecule has 2 heterocycles. The topological polar surface area (TPSA) is 29.0 Å². The van der Waals surface area contributed by atoms with Gasteiger partial charge in [0.1, 0.15) is 0 Å². The van der Waals surface area contributed by atoms with Crippen molar-refractivity contribution in [3.8, 4) is 0 Å². The number of rotatable bonds is 1. The van der Waals surface area contributed by atoms with Crippen molar-refractivity contribution in [2.75, 3.05) is 18.0 Å². The third kappa shape index (κ3) is 2.28. The van der Waals surface area contributed by atoms with E-state index in [9.17, 15) is 0 Å². The second-order valence-electron chi connectivity index (χ2n) is 5.35. The van der Waals surface area contributed by atoms with Crippen LogP contribution in [0.15, 0.2) is 18.5 Å². The molecular formula is C12H19N3. The van der Waals surface area contributed by atoms with E-state index < -0.39 is 0 Å². The van der Waals surface area contributed by atoms with E-state index in [2.05, 4.69) is 35.6 Å². The molecule has 0 amide bonds. The minimum Gasteiger partial charge on any atom is -0.341 e. The van der Waals surface area contributed by atoms with Gasteiger partial charge in [0.25, 0.3) is 0 Å². The molecule has 2 rings (SSSR count). The van der Waals surface area contributed by atoms with Crippen molar-refractivity contribution in [2.45, 2.75) is 27.2 Å². The van der Waals surface area contributed by atoms with Gasteiger partial charge in [0, 0.05) is 25.5 Å². The van der Waals surface area contributed by atoms with Crippen LogP contribution >= 0.6 is 0 Å². The number of aromatic nitrogens is 2. The minimum absolute atomic E-state index is 0.392. The van der Waals surface area contributed by atoms with Gasteiger partial charge in [-0.05, 0) is 23.8 Å². The monoisotopic (exact) mass is 205 g/mol. The van der Waals surface area contributed by atoms with Crippen molar-refractivity contribution in [3.63, 3.8) is 0 Å². The molecule has 0 radical (unpaired) electrons. The molecule has 0 aromatic carbocycles. The van der Waals surface area contributed by atoms with Crippen molar-refractivity contribution < 1.29 is 0 Å². The zero-order valence-electron chi connectivity index (χ0n) is 9.77. The quantitative estimate of drug-likeness (QED) is 0.704. The summed E-state index contributed by atoms with van der Waals surface area (Å²) >= 11 is 0. The lowest BCUT2D eigenvalue weighted by Gasteiger charge is -2.26. The molecule has 15 heavy (non-hydrogen) atoms. The third-order valence-electron chi connectivity index (χ3n) is 3.25. The highest BCUT2D eigenvalue weighted by atomic mass is 15.3. The standard InChI is InChI=1S/C12H19N3/c1-12(2,3)10-5-8-15(9-10)11-13-6-4-7-14-11/h4,6-7,10H,5,8-9H2,1-3H3. The Bertz CT molecular complexity index is 315. The molecule has 0 saturated carbocycles. The smallest absolute Gasteiger partial charge is 0.225 e. The lowest BCUT2D eigenvalue weighted by molar-refractivity contribution is 0.263. The number of hydrogen-bond donors (Lipinski definition) is 0. The summed E-state index contributed by atoms with van der Waals surface area (Å²) in [7, 11) is 0. The fourth-order valence-electron chi connectivity index (χ4n) is 2.10. The van der Waals surface area contributed by atoms with E-state index >= 15 is 0 Å². The van der Waals surface area contributed by atoms with Gasteiger partial charge in [-0.3, -0.25) is 0 Å². The summed E-state index contributed by atoms with van der Waals surface area (Å²) in [5.41, 5.74) is 0.392. The van der Waals surface area contributed by atoms with Crippen LogP contribution in [0.25, 0.3) is 0 Å². The highest BCUT2D eigenvalue weighted by Gasteiger charge is 2.32. The summed E-state index contributed by atoms with van der Waals surface area (Å²) in [6.07, 6.45) is 4.88. The third-order valence-corrected chi connectivity index (χ3v) is 3.25. The van der Waals surface area contributed by atoms with Gasteiger partial charge in [-0.2, -0.15) is 0 Å². The molecule has 1 atom stereocenters. The largest absolute Gasteiger partial charge is 0.341 e. The predicted molar refractivity (Wildman–Crippen MR) is 61.8 cm³/mol. The maximum atomic E-state index is 4.29. The fraction of sp³-hybridized carbons (Fsp3) is 0.667. The zero-order valence-corrected chi connectivity index (χ0v) is 9.77. The van der Waals surface area contributed by atoms with Crippen molar-refractivity contribution in [1.29, 1.82) is 0 Å². The maximum Gasteiger partial charge on any atom is 0.225 e. The van der Waals surface area contributed by atoms with Crippen LogP contribution in [0.3, 0.4) is 0 Å². The highest BCUT2D eigenvalue weighted by molar-refractivity contribution is 5.30. The molecule has 0 bridgehead atoms. The van der Waals surface area contributed by atoms with Crippen LogP contribution in [0.2, 0.25) is 0 Å². The van der Waals surface area contributed by atoms with E-state index in [-0.39, 0.29) is 0 Å². The van der Waals surface area contributed by atoms with Gasteiger partial charge in [0.05, 0.1) is 0 Å². The van der Waals surface area contributed by atoms with E-state index in [1.165, 1.54) is 6.42 Å². The van der Waals surface area contributed by atoms with Crippen LogP contribution in [-0.2, 0) is 0 Å². The number of hydrogen-bond acceptors (Lipinski definition) is 3. The molecule has 0 spiro atoms. The number of nitrogens with zero attached hydrogens (tertiary/aromatic N) is 3. The van der Waals surface area contributed by atoms with Crippen molar-refractivity contribution in [3.05, 3.63) is 18.5 Å². The predicted octanol–water partition coefficient (Wildman–Crippen LogP) is 2.35. The van der Waals surface area contributed by atoms with E-state index in [1.807, 2.05) is 18.5 Å². The Hall–Kier alpha value is -1.12. The molecule has 1 aliphatic heterocycles. The number of anilines is 1. The highest BCUT2D eigenvalue weighted by Crippen LogP contribution is 2.34. The fourth-order valence-corrected chi connectivity index (χ4v) is 2.10. The van der Waals surface area contributed by atoms with Crippen molar-refractivity contribution in [2.24, 2.45) is 11.3 Å². The summed E-state index contributed by atoms with van der Waals surface area (Å²) in [6, 6.07) is 1.86. The van der Waals surface area contributed by atoms with E-state index in [4.69, 9.17) is 0 Å². The molecule has 82 valence electrons. The molecule has 1 aromatic rings. The first-order valence-corrected chi connectivity index (χ1v) is 5.59. The Balaban J connectivity index is 2.05. The van der Waals surface area contributed by atoms with E-state index in [0.717, 1.165) is 25.0 Å². The Morgan fingerprint density at radius 2 is 1.93 bits per heavy atom. The molecule has 3 nitrogen and oxygen atoms in total. The summed E-state index contributed by atoms with van der Waals surface area (Å²) in [5, 5.41) is 0. The Morgan fingerprint density at radius 3 is 2.47 bits per heavy atom. The lowest BCUT2D eigenvalue weighted by Crippen LogP contribution is -2.26. The van der Waals surface area contributed by atoms with Gasteiger partial charge in [0.15, 0.2) is 0 Å². The molecule has 1 aromatic heterocycles. The van der Waals surface area contributed by atoms with Crippen LogP contribution < -0.4 is 4.90 Å². The lowest BCUT2D eigenvalue weighted by atomic mass is 9.80. The average molecular weight is 205 g/mol. The average Bonchev–Trinajstić information content (AvgIpc) is 2.67. The van der Waals surface area contributed by atoms with Crippen LogP contribution in [0.5, 0.6) is 0 Å². The molecule has 1 unspecified atom stereocenters. The van der Waals surface area contributed by atoms with Gasteiger partial charge in [0.2, 0.25) is 5.95 Å². The molecule has 3 heteroatoms. The van der Waals surface area contributed by atoms with Crippen LogP contribution in [-0.4, -0.2) is 23.1 Å². The van der Waals surface area contributed by atoms with Gasteiger partial charge in [-0.1, -0.05) is 20.8 Å². The summed E-state index contributed by atoms with van der Waals surface area (Å²) < 4.78 is 0. The Morgan fingerprint density at radius 1 is 1.27 bits per heavy atom. The Kier molecular flexibility index (Phi) is 2.63. The molecule has 0 aliphatic carbocycles. The van der Waals surface area contributed by atoms with E-state index in [1.54, 1.807) is 0 Å². The maximum absolute atomic E-state index is 4.29. The summed E-state index contributed by atoms with van der Waals surface area (Å²) in [4.78, 5) is 10.9. The summed E-state index contributed by atoms with van der Waals surface area (Å²) in [6.45, 7) is 9.12. The normalized spacial score (nSPS) is 22.1. The minimum atomic E-state index is 0.392. The molecule has 0 N–H and O–H groups in total. The van der Waals surface area contributed by atoms with Crippen molar-refractivity contribution >= 4 is 5.95 Å². The second kappa shape index (κ2) is 3.80. The van der Waals surface area contributed by atoms with Crippen LogP contribution in [0, 0.1) is 11.3 Å². The first-order valence-electron chi connectivity index (χ1n) is 5.59. The second-order valence-corrected chi connectivity index (χ2v) is 5.35. The summed E-state index contributed by atoms with van der Waals surface area (Å²) in [5.74, 6) is 1.63. The van der Waals surface area contributed by atoms with Gasteiger partial charge in [-0.25, -0.2) is 9.97 Å². The van der Waals surface area contributed by atoms with Gasteiger partial charge < -0.3 is 4.90 Å². The van der Waals surface area contributed by atoms with Gasteiger partial charge >= 0.3 is 0 Å². The van der Waals surface area contributed by atoms with Crippen LogP contribution in [0.1, 0.15) is 27.2 Å². The first-order chi connectivity index (χ1) is 7.07. The van der Waals surface area contributed by atoms with E-state index in [0.29, 0.717) is 5.41 Å². The molecule has 1 saturated heterocycles. The SMILES string of the molecule is CC(C)(C)C1CCN(c2ncccn2)C1. The van der Waals surface area contributed by atoms with Crippen molar-refractivity contribution in [1.82, 2.24) is 9.97 Å². The molecular weight excluding hydrogens is 186 g/mol. The van der Waals surface area contributed by atoms with Crippen LogP contribution in [0.4, 0.5) is 5.95 Å². The first kappa shape index (κ1) is 10.4. The molecule has 1 aliphatic rings. The zero-order chi connectivity index (χ0) is 10.9.